The van der Waals surface area contributed by atoms with Crippen molar-refractivity contribution >= 4 is 29.3 Å². The van der Waals surface area contributed by atoms with Gasteiger partial charge in [-0.25, -0.2) is 10.9 Å². The predicted molar refractivity (Wildman–Crippen MR) is 157 cm³/mol. The second kappa shape index (κ2) is 12.6. The molecule has 11 nitrogen and oxygen atoms in total. The van der Waals surface area contributed by atoms with Crippen LogP contribution in [0.4, 0.5) is 5.69 Å². The molecule has 0 aromatic heterocycles. The molecule has 222 valence electrons. The Kier molecular flexibility index (Phi) is 8.50. The van der Waals surface area contributed by atoms with E-state index in [1.807, 2.05) is 24.3 Å². The van der Waals surface area contributed by atoms with E-state index in [-0.39, 0.29) is 35.6 Å². The Morgan fingerprint density at radius 2 is 1.74 bits per heavy atom. The van der Waals surface area contributed by atoms with E-state index in [4.69, 9.17) is 0 Å². The van der Waals surface area contributed by atoms with Crippen LogP contribution in [0.25, 0.3) is 0 Å². The molecule has 4 aliphatic rings. The molecule has 11 heteroatoms. The molecule has 1 unspecified atom stereocenters. The maximum absolute atomic E-state index is 14.1. The summed E-state index contributed by atoms with van der Waals surface area (Å²) in [7, 11) is 0. The molecule has 3 heterocycles. The quantitative estimate of drug-likeness (QED) is 0.275. The first-order valence-corrected chi connectivity index (χ1v) is 15.1. The molecule has 1 saturated heterocycles. The predicted octanol–water partition coefficient (Wildman–Crippen LogP) is 0.851. The van der Waals surface area contributed by atoms with E-state index in [0.29, 0.717) is 37.9 Å². The Balaban J connectivity index is 1.21. The molecule has 2 aromatic carbocycles. The van der Waals surface area contributed by atoms with Gasteiger partial charge in [0, 0.05) is 25.1 Å². The summed E-state index contributed by atoms with van der Waals surface area (Å²) in [6, 6.07) is 12.6. The van der Waals surface area contributed by atoms with E-state index in [1.165, 1.54) is 0 Å². The number of rotatable bonds is 8. The van der Waals surface area contributed by atoms with Crippen molar-refractivity contribution in [3.63, 3.8) is 0 Å². The van der Waals surface area contributed by atoms with Crippen molar-refractivity contribution in [2.45, 2.75) is 75.5 Å². The van der Waals surface area contributed by atoms with Gasteiger partial charge in [-0.15, -0.1) is 0 Å². The largest absolute Gasteiger partial charge is 0.353 e. The zero-order valence-electron chi connectivity index (χ0n) is 23.7. The Bertz CT molecular complexity index is 1320. The first-order chi connectivity index (χ1) is 20.5. The van der Waals surface area contributed by atoms with Gasteiger partial charge in [-0.2, -0.15) is 5.53 Å². The van der Waals surface area contributed by atoms with Crippen LogP contribution < -0.4 is 37.2 Å². The molecule has 42 heavy (non-hydrogen) atoms. The van der Waals surface area contributed by atoms with Crippen molar-refractivity contribution in [2.24, 2.45) is 5.92 Å². The highest BCUT2D eigenvalue weighted by Gasteiger charge is 2.45. The topological polar surface area (TPSA) is 144 Å². The third-order valence-electron chi connectivity index (χ3n) is 8.99. The Morgan fingerprint density at radius 3 is 2.50 bits per heavy atom. The van der Waals surface area contributed by atoms with Crippen LogP contribution in [0, 0.1) is 5.92 Å². The number of aryl methyl sites for hydroxylation is 1. The molecule has 6 rings (SSSR count). The summed E-state index contributed by atoms with van der Waals surface area (Å²) in [5, 5.41) is 9.00. The molecule has 0 bridgehead atoms. The summed E-state index contributed by atoms with van der Waals surface area (Å²) < 4.78 is 0. The molecular formula is C31H39N7O4. The van der Waals surface area contributed by atoms with Gasteiger partial charge in [0.2, 0.25) is 17.7 Å². The van der Waals surface area contributed by atoms with Crippen molar-refractivity contribution in [1.29, 1.82) is 0 Å². The number of nitrogens with zero attached hydrogens (tertiary/aromatic N) is 1. The van der Waals surface area contributed by atoms with E-state index in [2.05, 4.69) is 32.3 Å². The summed E-state index contributed by atoms with van der Waals surface area (Å²) in [6.45, 7) is 1.07. The Labute approximate surface area is 245 Å². The van der Waals surface area contributed by atoms with E-state index in [0.717, 1.165) is 48.9 Å². The zero-order valence-corrected chi connectivity index (χ0v) is 23.7. The van der Waals surface area contributed by atoms with Gasteiger partial charge in [0.15, 0.2) is 0 Å². The van der Waals surface area contributed by atoms with Crippen LogP contribution in [0.2, 0.25) is 0 Å². The number of nitrogens with one attached hydrogen (secondary N) is 6. The number of carbonyl (C=O) groups excluding carboxylic acids is 4. The Morgan fingerprint density at radius 1 is 0.952 bits per heavy atom. The lowest BCUT2D eigenvalue weighted by atomic mass is 9.83. The van der Waals surface area contributed by atoms with Gasteiger partial charge in [-0.1, -0.05) is 55.7 Å². The van der Waals surface area contributed by atoms with Crippen LogP contribution in [0.5, 0.6) is 0 Å². The van der Waals surface area contributed by atoms with E-state index in [1.54, 1.807) is 29.2 Å². The van der Waals surface area contributed by atoms with Gasteiger partial charge in [0.05, 0.1) is 11.7 Å². The molecule has 6 N–H and O–H groups in total. The lowest BCUT2D eigenvalue weighted by Crippen LogP contribution is -2.58. The summed E-state index contributed by atoms with van der Waals surface area (Å²) in [6.07, 6.45) is 6.24. The highest BCUT2D eigenvalue weighted by molar-refractivity contribution is 6.08. The molecule has 3 aliphatic heterocycles. The Hall–Kier alpha value is -3.80. The van der Waals surface area contributed by atoms with Crippen molar-refractivity contribution in [3.8, 4) is 0 Å². The van der Waals surface area contributed by atoms with Crippen LogP contribution in [-0.2, 0) is 27.2 Å². The second-order valence-electron chi connectivity index (χ2n) is 11.8. The molecule has 4 amide bonds. The molecule has 0 radical (unpaired) electrons. The minimum atomic E-state index is -0.809. The summed E-state index contributed by atoms with van der Waals surface area (Å²) >= 11 is 0. The van der Waals surface area contributed by atoms with Gasteiger partial charge in [0.25, 0.3) is 5.91 Å². The molecule has 1 saturated carbocycles. The van der Waals surface area contributed by atoms with Crippen molar-refractivity contribution < 1.29 is 19.2 Å². The number of hydrogen-bond acceptors (Lipinski definition) is 7. The van der Waals surface area contributed by atoms with E-state index in [9.17, 15) is 19.2 Å². The highest BCUT2D eigenvalue weighted by atomic mass is 16.2. The number of benzene rings is 2. The third-order valence-corrected chi connectivity index (χ3v) is 8.99. The fourth-order valence-electron chi connectivity index (χ4n) is 6.76. The van der Waals surface area contributed by atoms with Crippen molar-refractivity contribution in [3.05, 3.63) is 65.2 Å². The fraction of sp³-hybridized carbons (Fsp3) is 0.484. The van der Waals surface area contributed by atoms with Crippen LogP contribution in [-0.4, -0.2) is 60.9 Å². The van der Waals surface area contributed by atoms with Crippen LogP contribution in [0.15, 0.2) is 48.5 Å². The molecule has 4 atom stereocenters. The minimum Gasteiger partial charge on any atom is -0.353 e. The maximum atomic E-state index is 14.1. The summed E-state index contributed by atoms with van der Waals surface area (Å²) in [5.74, 6) is -1.16. The standard InChI is InChI=1S/C31H39N7O4/c39-28(21-10-5-2-6-11-21)35-26(19-8-3-1-4-9-19)30(41)34-24-15-14-20-12-7-13-22-16-25(38(27(20)22)31(24)42)29(40)32-17-23-18-33-37-36-23/h2,5-7,10-13,19,23-26,33,36-37H,1,3-4,8-9,14-18H2,(H,32,40)(H,34,41)(H,35,39)/t23?,24-,25-,26-/m0/s1. The second-order valence-corrected chi connectivity index (χ2v) is 11.8. The lowest BCUT2D eigenvalue weighted by Gasteiger charge is -2.32. The van der Waals surface area contributed by atoms with Gasteiger partial charge in [-0.3, -0.25) is 24.1 Å². The molecular weight excluding hydrogens is 534 g/mol. The first kappa shape index (κ1) is 28.3. The van der Waals surface area contributed by atoms with Crippen LogP contribution in [0.1, 0.15) is 60.0 Å². The number of amides is 4. The number of carbonyl (C=O) groups is 4. The van der Waals surface area contributed by atoms with Gasteiger partial charge in [0.1, 0.15) is 18.1 Å². The normalized spacial score (nSPS) is 24.4. The van der Waals surface area contributed by atoms with Crippen molar-refractivity contribution in [2.75, 3.05) is 18.0 Å². The average molecular weight is 574 g/mol. The number of anilines is 1. The lowest BCUT2D eigenvalue weighted by molar-refractivity contribution is -0.131. The van der Waals surface area contributed by atoms with Gasteiger partial charge < -0.3 is 16.0 Å². The molecule has 2 aromatic rings. The number of hydrazine groups is 2. The summed E-state index contributed by atoms with van der Waals surface area (Å²) in [5.41, 5.74) is 12.1. The first-order valence-electron chi connectivity index (χ1n) is 15.1. The van der Waals surface area contributed by atoms with Crippen LogP contribution >= 0.6 is 0 Å². The average Bonchev–Trinajstić information content (AvgIpc) is 3.66. The number of para-hydroxylation sites is 1. The van der Waals surface area contributed by atoms with Crippen molar-refractivity contribution in [1.82, 2.24) is 32.3 Å². The summed E-state index contributed by atoms with van der Waals surface area (Å²) in [4.78, 5) is 56.2. The van der Waals surface area contributed by atoms with E-state index >= 15 is 0 Å². The SMILES string of the molecule is O=C(N[C@H](C(=O)N[C@H]1CCc2cccc3c2N(C1=O)[C@H](C(=O)NCC1CNNN1)C3)C1CCCCC1)c1ccccc1. The van der Waals surface area contributed by atoms with E-state index < -0.39 is 18.1 Å². The molecule has 1 aliphatic carbocycles. The van der Waals surface area contributed by atoms with Gasteiger partial charge in [-0.05, 0) is 54.9 Å². The molecule has 0 spiro atoms. The number of hydrogen-bond donors (Lipinski definition) is 6. The smallest absolute Gasteiger partial charge is 0.251 e. The van der Waals surface area contributed by atoms with Crippen LogP contribution in [0.3, 0.4) is 0 Å². The van der Waals surface area contributed by atoms with Gasteiger partial charge >= 0.3 is 0 Å². The highest BCUT2D eigenvalue weighted by Crippen LogP contribution is 2.39. The minimum absolute atomic E-state index is 0.00502. The monoisotopic (exact) mass is 573 g/mol. The molecule has 2 fully saturated rings. The fourth-order valence-corrected chi connectivity index (χ4v) is 6.76. The third kappa shape index (κ3) is 5.90. The zero-order chi connectivity index (χ0) is 29.1. The maximum Gasteiger partial charge on any atom is 0.251 e.